The molecule has 3 rings (SSSR count). The van der Waals surface area contributed by atoms with Crippen molar-refractivity contribution < 1.29 is 9.53 Å². The average Bonchev–Trinajstić information content (AvgIpc) is 3.05. The molecule has 1 aromatic carbocycles. The number of hydrogen-bond donors (Lipinski definition) is 1. The van der Waals surface area contributed by atoms with Crippen molar-refractivity contribution in [2.45, 2.75) is 18.2 Å². The number of thioether (sulfide) groups is 1. The monoisotopic (exact) mass is 471 g/mol. The predicted molar refractivity (Wildman–Crippen MR) is 115 cm³/mol. The van der Waals surface area contributed by atoms with Gasteiger partial charge in [0.15, 0.2) is 17.1 Å². The van der Waals surface area contributed by atoms with Gasteiger partial charge in [0.2, 0.25) is 5.91 Å². The van der Waals surface area contributed by atoms with Crippen molar-refractivity contribution in [1.82, 2.24) is 19.7 Å². The van der Waals surface area contributed by atoms with Crippen LogP contribution in [0.4, 0.5) is 5.82 Å². The summed E-state index contributed by atoms with van der Waals surface area (Å²) >= 11 is 19.1. The molecule has 0 radical (unpaired) electrons. The summed E-state index contributed by atoms with van der Waals surface area (Å²) in [5.74, 6) is 1.45. The largest absolute Gasteiger partial charge is 0.481 e. The highest BCUT2D eigenvalue weighted by Crippen LogP contribution is 2.31. The molecule has 11 heteroatoms. The summed E-state index contributed by atoms with van der Waals surface area (Å²) < 4.78 is 7.64. The number of carbonyl (C=O) groups excluding carboxylic acids is 1. The van der Waals surface area contributed by atoms with Crippen molar-refractivity contribution in [3.05, 3.63) is 57.4 Å². The van der Waals surface area contributed by atoms with Crippen LogP contribution in [0.5, 0.6) is 5.75 Å². The Morgan fingerprint density at radius 3 is 2.66 bits per heavy atom. The minimum Gasteiger partial charge on any atom is -0.481 e. The van der Waals surface area contributed by atoms with Crippen LogP contribution in [0.25, 0.3) is 0 Å². The van der Waals surface area contributed by atoms with E-state index in [1.807, 2.05) is 6.92 Å². The molecule has 2 aromatic heterocycles. The van der Waals surface area contributed by atoms with E-state index >= 15 is 0 Å². The number of amides is 1. The highest BCUT2D eigenvalue weighted by molar-refractivity contribution is 7.99. The van der Waals surface area contributed by atoms with Crippen LogP contribution in [-0.4, -0.2) is 31.4 Å². The number of halogens is 3. The molecule has 0 fully saturated rings. The topological polar surface area (TPSA) is 81.9 Å². The molecule has 152 valence electrons. The third kappa shape index (κ3) is 5.76. The Hall–Kier alpha value is -2.00. The van der Waals surface area contributed by atoms with E-state index in [0.29, 0.717) is 37.6 Å². The molecule has 0 saturated heterocycles. The maximum atomic E-state index is 12.1. The fourth-order valence-electron chi connectivity index (χ4n) is 2.38. The van der Waals surface area contributed by atoms with Gasteiger partial charge in [-0.15, -0.1) is 10.2 Å². The number of benzene rings is 1. The minimum atomic E-state index is -0.410. The van der Waals surface area contributed by atoms with Gasteiger partial charge >= 0.3 is 0 Å². The summed E-state index contributed by atoms with van der Waals surface area (Å²) in [6.07, 6.45) is 1.06. The van der Waals surface area contributed by atoms with Crippen LogP contribution in [-0.2, 0) is 11.8 Å². The molecule has 0 aliphatic heterocycles. The summed E-state index contributed by atoms with van der Waals surface area (Å²) in [6, 6.07) is 8.29. The molecule has 2 heterocycles. The van der Waals surface area contributed by atoms with E-state index in [9.17, 15) is 4.79 Å². The number of pyridine rings is 1. The standard InChI is InChI=1S/C18H16Cl3N5O2S/c1-10(28-14-5-3-11(19)7-13(14)21)17-24-25-18(26(17)2)29-9-16(27)23-15-6-4-12(20)8-22-15/h3-8,10H,9H2,1-2H3,(H,22,23,27). The first-order valence-corrected chi connectivity index (χ1v) is 10.5. The lowest BCUT2D eigenvalue weighted by molar-refractivity contribution is -0.113. The highest BCUT2D eigenvalue weighted by atomic mass is 35.5. The van der Waals surface area contributed by atoms with E-state index in [4.69, 9.17) is 39.5 Å². The Balaban J connectivity index is 1.59. The molecule has 1 unspecified atom stereocenters. The van der Waals surface area contributed by atoms with E-state index in [0.717, 1.165) is 0 Å². The molecule has 1 atom stereocenters. The zero-order valence-corrected chi connectivity index (χ0v) is 18.5. The summed E-state index contributed by atoms with van der Waals surface area (Å²) in [6.45, 7) is 1.84. The van der Waals surface area contributed by atoms with E-state index < -0.39 is 6.10 Å². The molecule has 1 amide bonds. The number of ether oxygens (including phenoxy) is 1. The van der Waals surface area contributed by atoms with Crippen molar-refractivity contribution >= 4 is 58.3 Å². The first kappa shape index (κ1) is 21.7. The molecule has 0 saturated carbocycles. The number of anilines is 1. The van der Waals surface area contributed by atoms with Gasteiger partial charge in [-0.05, 0) is 37.3 Å². The van der Waals surface area contributed by atoms with Crippen molar-refractivity contribution in [2.75, 3.05) is 11.1 Å². The van der Waals surface area contributed by atoms with Gasteiger partial charge in [-0.1, -0.05) is 46.6 Å². The molecule has 0 aliphatic rings. The Morgan fingerprint density at radius 2 is 1.97 bits per heavy atom. The zero-order valence-electron chi connectivity index (χ0n) is 15.4. The third-order valence-corrected chi connectivity index (χ3v) is 5.53. The Labute approximate surface area is 186 Å². The zero-order chi connectivity index (χ0) is 21.0. The molecule has 1 N–H and O–H groups in total. The van der Waals surface area contributed by atoms with Gasteiger partial charge in [-0.25, -0.2) is 4.98 Å². The van der Waals surface area contributed by atoms with Gasteiger partial charge in [-0.3, -0.25) is 4.79 Å². The van der Waals surface area contributed by atoms with Crippen LogP contribution < -0.4 is 10.1 Å². The van der Waals surface area contributed by atoms with Gasteiger partial charge in [0.05, 0.1) is 15.8 Å². The third-order valence-electron chi connectivity index (χ3n) is 3.76. The fourth-order valence-corrected chi connectivity index (χ4v) is 3.66. The lowest BCUT2D eigenvalue weighted by Crippen LogP contribution is -2.15. The smallest absolute Gasteiger partial charge is 0.236 e. The summed E-state index contributed by atoms with van der Waals surface area (Å²) in [5.41, 5.74) is 0. The Morgan fingerprint density at radius 1 is 1.21 bits per heavy atom. The van der Waals surface area contributed by atoms with Crippen LogP contribution in [0.1, 0.15) is 18.9 Å². The molecule has 0 aliphatic carbocycles. The Kier molecular flexibility index (Phi) is 7.23. The number of hydrogen-bond acceptors (Lipinski definition) is 6. The number of rotatable bonds is 7. The molecular formula is C18H16Cl3N5O2S. The first-order chi connectivity index (χ1) is 13.8. The minimum absolute atomic E-state index is 0.147. The molecule has 0 bridgehead atoms. The second-order valence-corrected chi connectivity index (χ2v) is 8.16. The first-order valence-electron chi connectivity index (χ1n) is 8.38. The van der Waals surface area contributed by atoms with E-state index in [-0.39, 0.29) is 11.7 Å². The maximum Gasteiger partial charge on any atom is 0.236 e. The normalized spacial score (nSPS) is 11.9. The van der Waals surface area contributed by atoms with Gasteiger partial charge in [-0.2, -0.15) is 0 Å². The molecule has 3 aromatic rings. The summed E-state index contributed by atoms with van der Waals surface area (Å²) in [5, 5.41) is 13.0. The average molecular weight is 473 g/mol. The number of aromatic nitrogens is 4. The maximum absolute atomic E-state index is 12.1. The van der Waals surface area contributed by atoms with Gasteiger partial charge in [0.25, 0.3) is 0 Å². The van der Waals surface area contributed by atoms with E-state index in [1.165, 1.54) is 18.0 Å². The van der Waals surface area contributed by atoms with Crippen LogP contribution >= 0.6 is 46.6 Å². The van der Waals surface area contributed by atoms with Gasteiger partial charge in [0, 0.05) is 18.3 Å². The van der Waals surface area contributed by atoms with Crippen molar-refractivity contribution in [3.63, 3.8) is 0 Å². The lowest BCUT2D eigenvalue weighted by atomic mass is 10.3. The van der Waals surface area contributed by atoms with Crippen LogP contribution in [0.3, 0.4) is 0 Å². The van der Waals surface area contributed by atoms with Gasteiger partial charge < -0.3 is 14.6 Å². The van der Waals surface area contributed by atoms with Crippen LogP contribution in [0.15, 0.2) is 41.7 Å². The summed E-state index contributed by atoms with van der Waals surface area (Å²) in [4.78, 5) is 16.1. The van der Waals surface area contributed by atoms with Crippen molar-refractivity contribution in [1.29, 1.82) is 0 Å². The van der Waals surface area contributed by atoms with Crippen LogP contribution in [0, 0.1) is 0 Å². The fraction of sp³-hybridized carbons (Fsp3) is 0.222. The predicted octanol–water partition coefficient (Wildman–Crippen LogP) is 5.04. The second kappa shape index (κ2) is 9.67. The molecule has 29 heavy (non-hydrogen) atoms. The molecule has 7 nitrogen and oxygen atoms in total. The number of nitrogens with zero attached hydrogens (tertiary/aromatic N) is 4. The van der Waals surface area contributed by atoms with Gasteiger partial charge in [0.1, 0.15) is 11.6 Å². The molecule has 0 spiro atoms. The lowest BCUT2D eigenvalue weighted by Gasteiger charge is -2.15. The highest BCUT2D eigenvalue weighted by Gasteiger charge is 2.19. The van der Waals surface area contributed by atoms with Crippen molar-refractivity contribution in [3.8, 4) is 5.75 Å². The van der Waals surface area contributed by atoms with E-state index in [2.05, 4.69) is 20.5 Å². The second-order valence-electron chi connectivity index (χ2n) is 5.93. The van der Waals surface area contributed by atoms with Crippen molar-refractivity contribution in [2.24, 2.45) is 7.05 Å². The van der Waals surface area contributed by atoms with Crippen LogP contribution in [0.2, 0.25) is 15.1 Å². The molecular weight excluding hydrogens is 457 g/mol. The Bertz CT molecular complexity index is 1010. The number of nitrogens with one attached hydrogen (secondary N) is 1. The quantitative estimate of drug-likeness (QED) is 0.485. The summed E-state index contributed by atoms with van der Waals surface area (Å²) in [7, 11) is 1.81. The SMILES string of the molecule is CC(Oc1ccc(Cl)cc1Cl)c1nnc(SCC(=O)Nc2ccc(Cl)cn2)n1C. The number of carbonyl (C=O) groups is 1. The van der Waals surface area contributed by atoms with E-state index in [1.54, 1.807) is 41.9 Å².